The van der Waals surface area contributed by atoms with Gasteiger partial charge in [0.25, 0.3) is 0 Å². The molecule has 0 aliphatic heterocycles. The number of unbranched alkanes of at least 4 members (excludes halogenated alkanes) is 5. The number of benzene rings is 1. The van der Waals surface area contributed by atoms with Crippen LogP contribution in [0.4, 0.5) is 5.69 Å². The monoisotopic (exact) mass is 340 g/mol. The molecule has 0 saturated carbocycles. The molecule has 0 aliphatic carbocycles. The SMILES string of the molecule is CCCCCCCCOc1ccc(-c2ccc(N=C=S)cc2)nc1. The minimum atomic E-state index is 0.761. The minimum absolute atomic E-state index is 0.761. The van der Waals surface area contributed by atoms with Gasteiger partial charge in [0.2, 0.25) is 0 Å². The van der Waals surface area contributed by atoms with Gasteiger partial charge in [-0.1, -0.05) is 51.2 Å². The number of nitrogens with zero attached hydrogens (tertiary/aromatic N) is 2. The predicted molar refractivity (Wildman–Crippen MR) is 103 cm³/mol. The fourth-order valence-electron chi connectivity index (χ4n) is 2.47. The summed E-state index contributed by atoms with van der Waals surface area (Å²) in [6.45, 7) is 3.00. The first-order valence-electron chi connectivity index (χ1n) is 8.60. The molecule has 0 saturated heterocycles. The van der Waals surface area contributed by atoms with Gasteiger partial charge in [-0.3, -0.25) is 4.98 Å². The summed E-state index contributed by atoms with van der Waals surface area (Å²) in [6, 6.07) is 11.7. The molecule has 0 N–H and O–H groups in total. The summed E-state index contributed by atoms with van der Waals surface area (Å²) in [6.07, 6.45) is 9.39. The maximum absolute atomic E-state index is 5.76. The third-order valence-corrected chi connectivity index (χ3v) is 3.93. The van der Waals surface area contributed by atoms with E-state index < -0.39 is 0 Å². The predicted octanol–water partition coefficient (Wildman–Crippen LogP) is 6.22. The number of isothiocyanates is 1. The molecule has 4 heteroatoms. The number of ether oxygens (including phenoxy) is 1. The Labute approximate surface area is 149 Å². The zero-order valence-corrected chi connectivity index (χ0v) is 15.0. The molecule has 0 atom stereocenters. The summed E-state index contributed by atoms with van der Waals surface area (Å²) in [5.41, 5.74) is 2.76. The highest BCUT2D eigenvalue weighted by atomic mass is 32.1. The topological polar surface area (TPSA) is 34.5 Å². The minimum Gasteiger partial charge on any atom is -0.492 e. The van der Waals surface area contributed by atoms with Gasteiger partial charge in [0.05, 0.1) is 29.3 Å². The fraction of sp³-hybridized carbons (Fsp3) is 0.400. The normalized spacial score (nSPS) is 10.2. The molecule has 0 radical (unpaired) electrons. The fourth-order valence-corrected chi connectivity index (χ4v) is 2.57. The summed E-state index contributed by atoms with van der Waals surface area (Å²) >= 11 is 4.60. The van der Waals surface area contributed by atoms with Crippen molar-refractivity contribution in [1.82, 2.24) is 4.98 Å². The smallest absolute Gasteiger partial charge is 0.137 e. The van der Waals surface area contributed by atoms with Crippen molar-refractivity contribution in [2.75, 3.05) is 6.61 Å². The molecule has 0 unspecified atom stereocenters. The summed E-state index contributed by atoms with van der Waals surface area (Å²) in [5.74, 6) is 0.828. The highest BCUT2D eigenvalue weighted by Gasteiger charge is 2.01. The Morgan fingerprint density at radius 3 is 2.42 bits per heavy atom. The lowest BCUT2D eigenvalue weighted by Gasteiger charge is -2.07. The third kappa shape index (κ3) is 6.23. The Bertz CT molecular complexity index is 646. The molecule has 2 rings (SSSR count). The Morgan fingerprint density at radius 2 is 1.75 bits per heavy atom. The van der Waals surface area contributed by atoms with Crippen molar-refractivity contribution < 1.29 is 4.74 Å². The van der Waals surface area contributed by atoms with Crippen LogP contribution in [0.15, 0.2) is 47.6 Å². The molecular formula is C20H24N2OS. The number of rotatable bonds is 10. The van der Waals surface area contributed by atoms with Crippen LogP contribution in [-0.4, -0.2) is 16.8 Å². The zero-order valence-electron chi connectivity index (χ0n) is 14.2. The first-order chi connectivity index (χ1) is 11.8. The second-order valence-electron chi connectivity index (χ2n) is 5.75. The quantitative estimate of drug-likeness (QED) is 0.292. The van der Waals surface area contributed by atoms with E-state index in [0.29, 0.717) is 0 Å². The maximum atomic E-state index is 5.76. The molecule has 1 aromatic heterocycles. The van der Waals surface area contributed by atoms with Crippen LogP contribution in [0.25, 0.3) is 11.3 Å². The van der Waals surface area contributed by atoms with Crippen LogP contribution in [0, 0.1) is 0 Å². The molecule has 0 aliphatic rings. The molecule has 24 heavy (non-hydrogen) atoms. The van der Waals surface area contributed by atoms with Crippen molar-refractivity contribution >= 4 is 23.1 Å². The van der Waals surface area contributed by atoms with Gasteiger partial charge in [-0.25, -0.2) is 0 Å². The Morgan fingerprint density at radius 1 is 1.00 bits per heavy atom. The van der Waals surface area contributed by atoms with Crippen LogP contribution in [-0.2, 0) is 0 Å². The number of aliphatic imine (C=N–C) groups is 1. The lowest BCUT2D eigenvalue weighted by molar-refractivity contribution is 0.303. The highest BCUT2D eigenvalue weighted by Crippen LogP contribution is 2.22. The van der Waals surface area contributed by atoms with E-state index in [2.05, 4.69) is 34.3 Å². The van der Waals surface area contributed by atoms with Gasteiger partial charge in [-0.15, -0.1) is 0 Å². The summed E-state index contributed by atoms with van der Waals surface area (Å²) < 4.78 is 5.76. The molecule has 1 heterocycles. The van der Waals surface area contributed by atoms with Gasteiger partial charge in [0.15, 0.2) is 0 Å². The molecule has 0 amide bonds. The van der Waals surface area contributed by atoms with Gasteiger partial charge in [-0.2, -0.15) is 4.99 Å². The average Bonchev–Trinajstić information content (AvgIpc) is 2.62. The van der Waals surface area contributed by atoms with E-state index in [4.69, 9.17) is 4.74 Å². The first kappa shape index (κ1) is 18.3. The number of hydrogen-bond acceptors (Lipinski definition) is 4. The maximum Gasteiger partial charge on any atom is 0.137 e. The van der Waals surface area contributed by atoms with Gasteiger partial charge >= 0.3 is 0 Å². The first-order valence-corrected chi connectivity index (χ1v) is 9.01. The Kier molecular flexibility index (Phi) is 8.16. The largest absolute Gasteiger partial charge is 0.492 e. The van der Waals surface area contributed by atoms with E-state index in [1.54, 1.807) is 6.20 Å². The van der Waals surface area contributed by atoms with Crippen LogP contribution in [0.2, 0.25) is 0 Å². The molecule has 2 aromatic rings. The standard InChI is InChI=1S/C20H24N2OS/c1-2-3-4-5-6-7-14-23-19-12-13-20(21-15-19)17-8-10-18(11-9-17)22-16-24/h8-13,15H,2-7,14H2,1H3. The Hall–Kier alpha value is -2.03. The molecule has 126 valence electrons. The summed E-state index contributed by atoms with van der Waals surface area (Å²) in [5, 5.41) is 2.37. The third-order valence-electron chi connectivity index (χ3n) is 3.84. The second kappa shape index (κ2) is 10.7. The molecule has 1 aromatic carbocycles. The summed E-state index contributed by atoms with van der Waals surface area (Å²) in [4.78, 5) is 8.42. The van der Waals surface area contributed by atoms with Crippen molar-refractivity contribution in [3.8, 4) is 17.0 Å². The van der Waals surface area contributed by atoms with Crippen LogP contribution in [0.3, 0.4) is 0 Å². The molecule has 3 nitrogen and oxygen atoms in total. The lowest BCUT2D eigenvalue weighted by atomic mass is 10.1. The molecule has 0 fully saturated rings. The summed E-state index contributed by atoms with van der Waals surface area (Å²) in [7, 11) is 0. The van der Waals surface area contributed by atoms with Gasteiger partial charge < -0.3 is 4.74 Å². The lowest BCUT2D eigenvalue weighted by Crippen LogP contribution is -1.98. The van der Waals surface area contributed by atoms with Crippen LogP contribution < -0.4 is 4.74 Å². The van der Waals surface area contributed by atoms with Crippen molar-refractivity contribution in [3.05, 3.63) is 42.6 Å². The van der Waals surface area contributed by atoms with Crippen LogP contribution in [0.5, 0.6) is 5.75 Å². The van der Waals surface area contributed by atoms with E-state index >= 15 is 0 Å². The Balaban J connectivity index is 1.79. The van der Waals surface area contributed by atoms with Crippen molar-refractivity contribution in [3.63, 3.8) is 0 Å². The van der Waals surface area contributed by atoms with E-state index in [0.717, 1.165) is 35.7 Å². The molecule has 0 bridgehead atoms. The van der Waals surface area contributed by atoms with Crippen molar-refractivity contribution in [1.29, 1.82) is 0 Å². The van der Waals surface area contributed by atoms with Gasteiger partial charge in [-0.05, 0) is 42.9 Å². The molecular weight excluding hydrogens is 316 g/mol. The average molecular weight is 340 g/mol. The van der Waals surface area contributed by atoms with Crippen molar-refractivity contribution in [2.45, 2.75) is 45.4 Å². The number of pyridine rings is 1. The van der Waals surface area contributed by atoms with E-state index in [-0.39, 0.29) is 0 Å². The van der Waals surface area contributed by atoms with Crippen LogP contribution >= 0.6 is 12.2 Å². The number of thiocarbonyl (C=S) groups is 1. The van der Waals surface area contributed by atoms with E-state index in [9.17, 15) is 0 Å². The number of aromatic nitrogens is 1. The van der Waals surface area contributed by atoms with Gasteiger partial charge in [0.1, 0.15) is 5.75 Å². The second-order valence-corrected chi connectivity index (χ2v) is 5.93. The van der Waals surface area contributed by atoms with Crippen molar-refractivity contribution in [2.24, 2.45) is 4.99 Å². The van der Waals surface area contributed by atoms with E-state index in [1.807, 2.05) is 36.4 Å². The zero-order chi connectivity index (χ0) is 17.0. The van der Waals surface area contributed by atoms with E-state index in [1.165, 1.54) is 32.1 Å². The highest BCUT2D eigenvalue weighted by molar-refractivity contribution is 7.78. The van der Waals surface area contributed by atoms with Crippen LogP contribution in [0.1, 0.15) is 45.4 Å². The van der Waals surface area contributed by atoms with Gasteiger partial charge in [0, 0.05) is 5.56 Å². The number of hydrogen-bond donors (Lipinski definition) is 0. The molecule has 0 spiro atoms.